The summed E-state index contributed by atoms with van der Waals surface area (Å²) in [6.07, 6.45) is 2.35. The molecule has 1 aromatic carbocycles. The molecule has 1 aromatic rings. The van der Waals surface area contributed by atoms with Crippen molar-refractivity contribution < 1.29 is 8.42 Å². The minimum atomic E-state index is -3.17. The molecule has 0 amide bonds. The van der Waals surface area contributed by atoms with Crippen LogP contribution < -0.4 is 0 Å². The van der Waals surface area contributed by atoms with E-state index in [0.29, 0.717) is 23.0 Å². The molecule has 0 bridgehead atoms. The molecule has 0 radical (unpaired) electrons. The summed E-state index contributed by atoms with van der Waals surface area (Å²) < 4.78 is 26.1. The van der Waals surface area contributed by atoms with Gasteiger partial charge in [-0.05, 0) is 37.0 Å². The third-order valence-corrected chi connectivity index (χ3v) is 6.17. The molecule has 1 fully saturated rings. The van der Waals surface area contributed by atoms with Crippen LogP contribution in [0.4, 0.5) is 0 Å². The zero-order valence-corrected chi connectivity index (χ0v) is 13.1. The Morgan fingerprint density at radius 2 is 2.05 bits per heavy atom. The summed E-state index contributed by atoms with van der Waals surface area (Å²) >= 11 is 11.9. The van der Waals surface area contributed by atoms with E-state index in [1.165, 1.54) is 0 Å². The quantitative estimate of drug-likeness (QED) is 0.844. The molecule has 1 aliphatic rings. The van der Waals surface area contributed by atoms with Gasteiger partial charge in [0.15, 0.2) is 0 Å². The van der Waals surface area contributed by atoms with Gasteiger partial charge in [-0.15, -0.1) is 0 Å². The number of halogens is 2. The fraction of sp³-hybridized carbons (Fsp3) is 0.538. The van der Waals surface area contributed by atoms with Gasteiger partial charge in [0.2, 0.25) is 10.0 Å². The van der Waals surface area contributed by atoms with E-state index in [9.17, 15) is 8.42 Å². The number of hydrogen-bond donors (Lipinski definition) is 0. The molecule has 106 valence electrons. The van der Waals surface area contributed by atoms with Crippen molar-refractivity contribution in [3.8, 4) is 0 Å². The van der Waals surface area contributed by atoms with Crippen molar-refractivity contribution in [3.05, 3.63) is 33.8 Å². The molecule has 3 nitrogen and oxygen atoms in total. The monoisotopic (exact) mass is 321 g/mol. The Morgan fingerprint density at radius 1 is 1.32 bits per heavy atom. The van der Waals surface area contributed by atoms with E-state index >= 15 is 0 Å². The van der Waals surface area contributed by atoms with E-state index in [-0.39, 0.29) is 11.8 Å². The molecule has 0 N–H and O–H groups in total. The smallest absolute Gasteiger partial charge is 0.212 e. The van der Waals surface area contributed by atoms with Crippen molar-refractivity contribution in [2.45, 2.75) is 32.2 Å². The summed E-state index contributed by atoms with van der Waals surface area (Å²) in [6, 6.07) is 5.25. The van der Waals surface area contributed by atoms with Crippen molar-refractivity contribution in [2.75, 3.05) is 12.3 Å². The van der Waals surface area contributed by atoms with E-state index in [0.717, 1.165) is 18.4 Å². The van der Waals surface area contributed by atoms with Crippen LogP contribution in [0.2, 0.25) is 10.0 Å². The second-order valence-electron chi connectivity index (χ2n) is 4.76. The third kappa shape index (κ3) is 3.24. The van der Waals surface area contributed by atoms with Gasteiger partial charge in [0, 0.05) is 12.6 Å². The van der Waals surface area contributed by atoms with Crippen LogP contribution in [0.3, 0.4) is 0 Å². The molecule has 1 saturated heterocycles. The Bertz CT molecular complexity index is 560. The predicted octanol–water partition coefficient (Wildman–Crippen LogP) is 3.87. The summed E-state index contributed by atoms with van der Waals surface area (Å²) in [5.74, 6) is 0.199. The summed E-state index contributed by atoms with van der Waals surface area (Å²) in [7, 11) is -3.17. The van der Waals surface area contributed by atoms with Crippen LogP contribution in [-0.2, 0) is 10.0 Å². The van der Waals surface area contributed by atoms with Gasteiger partial charge in [0.1, 0.15) is 0 Å². The Hall–Kier alpha value is -0.290. The molecular weight excluding hydrogens is 305 g/mol. The van der Waals surface area contributed by atoms with Gasteiger partial charge in [0.05, 0.1) is 15.8 Å². The number of sulfonamides is 1. The van der Waals surface area contributed by atoms with Gasteiger partial charge in [-0.1, -0.05) is 36.2 Å². The molecule has 2 rings (SSSR count). The lowest BCUT2D eigenvalue weighted by Crippen LogP contribution is -2.32. The van der Waals surface area contributed by atoms with Crippen molar-refractivity contribution in [3.63, 3.8) is 0 Å². The fourth-order valence-corrected chi connectivity index (χ4v) is 4.58. The molecule has 0 spiro atoms. The third-order valence-electron chi connectivity index (χ3n) is 3.35. The lowest BCUT2D eigenvalue weighted by Gasteiger charge is -2.24. The van der Waals surface area contributed by atoms with Crippen molar-refractivity contribution in [1.29, 1.82) is 0 Å². The van der Waals surface area contributed by atoms with Crippen molar-refractivity contribution >= 4 is 33.2 Å². The topological polar surface area (TPSA) is 37.4 Å². The number of rotatable bonds is 4. The molecule has 0 saturated carbocycles. The molecule has 1 aliphatic heterocycles. The zero-order valence-electron chi connectivity index (χ0n) is 10.8. The van der Waals surface area contributed by atoms with E-state index < -0.39 is 10.0 Å². The van der Waals surface area contributed by atoms with Gasteiger partial charge in [-0.3, -0.25) is 0 Å². The summed E-state index contributed by atoms with van der Waals surface area (Å²) in [5, 5.41) is 0.963. The average molecular weight is 322 g/mol. The van der Waals surface area contributed by atoms with E-state index in [2.05, 4.69) is 0 Å². The Labute approximate surface area is 124 Å². The zero-order chi connectivity index (χ0) is 14.0. The van der Waals surface area contributed by atoms with Gasteiger partial charge < -0.3 is 0 Å². The fourth-order valence-electron chi connectivity index (χ4n) is 2.50. The largest absolute Gasteiger partial charge is 0.214 e. The Balaban J connectivity index is 2.30. The SMILES string of the molecule is CCCS(=O)(=O)N1CCCC1c1ccc(Cl)c(Cl)c1. The first-order valence-corrected chi connectivity index (χ1v) is 8.76. The second-order valence-corrected chi connectivity index (χ2v) is 7.61. The molecule has 6 heteroatoms. The Morgan fingerprint density at radius 3 is 2.68 bits per heavy atom. The van der Waals surface area contributed by atoms with Gasteiger partial charge in [-0.25, -0.2) is 8.42 Å². The van der Waals surface area contributed by atoms with Crippen LogP contribution >= 0.6 is 23.2 Å². The first-order chi connectivity index (χ1) is 8.95. The standard InChI is InChI=1S/C13H17Cl2NO2S/c1-2-8-19(17,18)16-7-3-4-13(16)10-5-6-11(14)12(15)9-10/h5-6,9,13H,2-4,7-8H2,1H3. The molecule has 1 atom stereocenters. The van der Waals surface area contributed by atoms with E-state index in [1.807, 2.05) is 13.0 Å². The minimum Gasteiger partial charge on any atom is -0.212 e. The minimum absolute atomic E-state index is 0.105. The van der Waals surface area contributed by atoms with Gasteiger partial charge in [-0.2, -0.15) is 4.31 Å². The van der Waals surface area contributed by atoms with Gasteiger partial charge >= 0.3 is 0 Å². The van der Waals surface area contributed by atoms with Gasteiger partial charge in [0.25, 0.3) is 0 Å². The first kappa shape index (κ1) is 15.1. The normalized spacial score (nSPS) is 20.9. The maximum atomic E-state index is 12.2. The number of hydrogen-bond acceptors (Lipinski definition) is 2. The number of nitrogens with zero attached hydrogens (tertiary/aromatic N) is 1. The maximum absolute atomic E-state index is 12.2. The lowest BCUT2D eigenvalue weighted by molar-refractivity contribution is 0.396. The summed E-state index contributed by atoms with van der Waals surface area (Å²) in [4.78, 5) is 0. The number of benzene rings is 1. The summed E-state index contributed by atoms with van der Waals surface area (Å²) in [6.45, 7) is 2.47. The molecule has 19 heavy (non-hydrogen) atoms. The lowest BCUT2D eigenvalue weighted by atomic mass is 10.1. The van der Waals surface area contributed by atoms with E-state index in [4.69, 9.17) is 23.2 Å². The van der Waals surface area contributed by atoms with Crippen LogP contribution in [-0.4, -0.2) is 25.0 Å². The Kier molecular flexibility index (Phi) is 4.77. The second kappa shape index (κ2) is 6.00. The van der Waals surface area contributed by atoms with Crippen molar-refractivity contribution in [2.24, 2.45) is 0 Å². The van der Waals surface area contributed by atoms with E-state index in [1.54, 1.807) is 16.4 Å². The first-order valence-electron chi connectivity index (χ1n) is 6.40. The summed E-state index contributed by atoms with van der Waals surface area (Å²) in [5.41, 5.74) is 0.923. The highest BCUT2D eigenvalue weighted by molar-refractivity contribution is 7.89. The molecule has 0 aliphatic carbocycles. The molecular formula is C13H17Cl2NO2S. The predicted molar refractivity (Wildman–Crippen MR) is 79.2 cm³/mol. The highest BCUT2D eigenvalue weighted by Gasteiger charge is 2.34. The highest BCUT2D eigenvalue weighted by Crippen LogP contribution is 2.36. The van der Waals surface area contributed by atoms with Crippen LogP contribution in [0, 0.1) is 0 Å². The van der Waals surface area contributed by atoms with Crippen LogP contribution in [0.25, 0.3) is 0 Å². The van der Waals surface area contributed by atoms with Crippen LogP contribution in [0.15, 0.2) is 18.2 Å². The molecule has 1 heterocycles. The average Bonchev–Trinajstić information content (AvgIpc) is 2.82. The molecule has 0 aromatic heterocycles. The van der Waals surface area contributed by atoms with Crippen molar-refractivity contribution in [1.82, 2.24) is 4.31 Å². The van der Waals surface area contributed by atoms with Crippen LogP contribution in [0.5, 0.6) is 0 Å². The molecule has 1 unspecified atom stereocenters. The maximum Gasteiger partial charge on any atom is 0.214 e. The highest BCUT2D eigenvalue weighted by atomic mass is 35.5. The van der Waals surface area contributed by atoms with Crippen LogP contribution in [0.1, 0.15) is 37.8 Å².